The Balaban J connectivity index is 2.70. The Morgan fingerprint density at radius 1 is 1.62 bits per heavy atom. The lowest BCUT2D eigenvalue weighted by atomic mass is 9.84. The second-order valence-corrected chi connectivity index (χ2v) is 4.98. The molecule has 0 spiro atoms. The summed E-state index contributed by atoms with van der Waals surface area (Å²) in [6.07, 6.45) is 2.32. The van der Waals surface area contributed by atoms with E-state index in [4.69, 9.17) is 15.2 Å². The van der Waals surface area contributed by atoms with Crippen molar-refractivity contribution in [2.45, 2.75) is 44.4 Å². The van der Waals surface area contributed by atoms with Crippen LogP contribution in [0.5, 0.6) is 0 Å². The van der Waals surface area contributed by atoms with Crippen LogP contribution < -0.4 is 5.73 Å². The van der Waals surface area contributed by atoms with E-state index >= 15 is 0 Å². The van der Waals surface area contributed by atoms with Gasteiger partial charge in [-0.25, -0.2) is 0 Å². The SMILES string of the molecule is COCC(C)N(C)C1(CN)CCOC(C)C1. The standard InChI is InChI=1S/C12H26N2O2/c1-10(8-15-4)14(3)12(9-13)5-6-16-11(2)7-12/h10-11H,5-9,13H2,1-4H3. The molecule has 4 nitrogen and oxygen atoms in total. The first-order chi connectivity index (χ1) is 7.55. The van der Waals surface area contributed by atoms with Crippen LogP contribution >= 0.6 is 0 Å². The average Bonchev–Trinajstić information content (AvgIpc) is 2.28. The van der Waals surface area contributed by atoms with Crippen LogP contribution in [-0.4, -0.2) is 56.5 Å². The molecule has 3 unspecified atom stereocenters. The normalized spacial score (nSPS) is 33.0. The predicted octanol–water partition coefficient (Wildman–Crippen LogP) is 0.850. The van der Waals surface area contributed by atoms with Crippen LogP contribution in [0.15, 0.2) is 0 Å². The van der Waals surface area contributed by atoms with Crippen molar-refractivity contribution in [3.05, 3.63) is 0 Å². The van der Waals surface area contributed by atoms with Crippen LogP contribution in [-0.2, 0) is 9.47 Å². The highest BCUT2D eigenvalue weighted by Crippen LogP contribution is 2.30. The third kappa shape index (κ3) is 2.94. The Kier molecular flexibility index (Phi) is 5.18. The molecule has 0 aromatic rings. The summed E-state index contributed by atoms with van der Waals surface area (Å²) >= 11 is 0. The number of rotatable bonds is 5. The molecule has 1 heterocycles. The summed E-state index contributed by atoms with van der Waals surface area (Å²) in [5.41, 5.74) is 6.08. The molecule has 0 saturated carbocycles. The number of likely N-dealkylation sites (N-methyl/N-ethyl adjacent to an activating group) is 1. The number of nitrogens with two attached hydrogens (primary N) is 1. The molecule has 1 fully saturated rings. The van der Waals surface area contributed by atoms with Gasteiger partial charge in [-0.3, -0.25) is 4.90 Å². The Morgan fingerprint density at radius 3 is 2.81 bits per heavy atom. The molecule has 0 bridgehead atoms. The smallest absolute Gasteiger partial charge is 0.0615 e. The van der Waals surface area contributed by atoms with E-state index in [9.17, 15) is 0 Å². The summed E-state index contributed by atoms with van der Waals surface area (Å²) < 4.78 is 10.8. The molecule has 96 valence electrons. The summed E-state index contributed by atoms with van der Waals surface area (Å²) in [4.78, 5) is 2.37. The maximum absolute atomic E-state index is 6.00. The van der Waals surface area contributed by atoms with Gasteiger partial charge >= 0.3 is 0 Å². The fraction of sp³-hybridized carbons (Fsp3) is 1.00. The third-order valence-corrected chi connectivity index (χ3v) is 3.83. The summed E-state index contributed by atoms with van der Waals surface area (Å²) in [7, 11) is 3.89. The molecule has 3 atom stereocenters. The maximum atomic E-state index is 6.00. The first kappa shape index (κ1) is 13.9. The van der Waals surface area contributed by atoms with Gasteiger partial charge in [0, 0.05) is 31.8 Å². The molecule has 1 aliphatic heterocycles. The first-order valence-electron chi connectivity index (χ1n) is 6.09. The summed E-state index contributed by atoms with van der Waals surface area (Å²) in [6.45, 7) is 6.54. The minimum atomic E-state index is 0.0790. The fourth-order valence-corrected chi connectivity index (χ4v) is 2.62. The van der Waals surface area contributed by atoms with Crippen molar-refractivity contribution < 1.29 is 9.47 Å². The number of nitrogens with zero attached hydrogens (tertiary/aromatic N) is 1. The van der Waals surface area contributed by atoms with Crippen molar-refractivity contribution in [2.75, 3.05) is 33.9 Å². The predicted molar refractivity (Wildman–Crippen MR) is 65.5 cm³/mol. The van der Waals surface area contributed by atoms with Crippen molar-refractivity contribution in [1.29, 1.82) is 0 Å². The van der Waals surface area contributed by atoms with E-state index in [0.717, 1.165) is 26.1 Å². The van der Waals surface area contributed by atoms with Crippen LogP contribution in [0.25, 0.3) is 0 Å². The molecule has 0 amide bonds. The number of ether oxygens (including phenoxy) is 2. The third-order valence-electron chi connectivity index (χ3n) is 3.83. The monoisotopic (exact) mass is 230 g/mol. The van der Waals surface area contributed by atoms with Gasteiger partial charge in [-0.05, 0) is 33.7 Å². The lowest BCUT2D eigenvalue weighted by Crippen LogP contribution is -2.60. The quantitative estimate of drug-likeness (QED) is 0.760. The van der Waals surface area contributed by atoms with Crippen LogP contribution in [0, 0.1) is 0 Å². The molecule has 1 aliphatic rings. The molecule has 1 saturated heterocycles. The zero-order valence-electron chi connectivity index (χ0n) is 11.0. The molecule has 2 N–H and O–H groups in total. The van der Waals surface area contributed by atoms with Crippen LogP contribution in [0.1, 0.15) is 26.7 Å². The van der Waals surface area contributed by atoms with Gasteiger partial charge in [-0.2, -0.15) is 0 Å². The van der Waals surface area contributed by atoms with Crippen LogP contribution in [0.2, 0.25) is 0 Å². The van der Waals surface area contributed by atoms with E-state index in [0.29, 0.717) is 18.7 Å². The van der Waals surface area contributed by atoms with Gasteiger partial charge in [0.15, 0.2) is 0 Å². The second kappa shape index (κ2) is 5.96. The van der Waals surface area contributed by atoms with Crippen molar-refractivity contribution in [2.24, 2.45) is 5.73 Å². The van der Waals surface area contributed by atoms with Gasteiger partial charge in [0.05, 0.1) is 12.7 Å². The van der Waals surface area contributed by atoms with Crippen molar-refractivity contribution in [3.8, 4) is 0 Å². The van der Waals surface area contributed by atoms with E-state index in [1.807, 2.05) is 0 Å². The molecular weight excluding hydrogens is 204 g/mol. The zero-order valence-corrected chi connectivity index (χ0v) is 11.0. The molecule has 0 aromatic carbocycles. The largest absolute Gasteiger partial charge is 0.383 e. The molecule has 0 aliphatic carbocycles. The topological polar surface area (TPSA) is 47.7 Å². The minimum Gasteiger partial charge on any atom is -0.383 e. The van der Waals surface area contributed by atoms with E-state index in [1.165, 1.54) is 0 Å². The Morgan fingerprint density at radius 2 is 2.31 bits per heavy atom. The molecular formula is C12H26N2O2. The van der Waals surface area contributed by atoms with Crippen LogP contribution in [0.4, 0.5) is 0 Å². The van der Waals surface area contributed by atoms with Gasteiger partial charge < -0.3 is 15.2 Å². The van der Waals surface area contributed by atoms with Crippen LogP contribution in [0.3, 0.4) is 0 Å². The maximum Gasteiger partial charge on any atom is 0.0615 e. The molecule has 0 radical (unpaired) electrons. The van der Waals surface area contributed by atoms with E-state index in [-0.39, 0.29) is 5.54 Å². The minimum absolute atomic E-state index is 0.0790. The Bertz CT molecular complexity index is 213. The highest BCUT2D eigenvalue weighted by molar-refractivity contribution is 4.96. The highest BCUT2D eigenvalue weighted by Gasteiger charge is 2.39. The number of methoxy groups -OCH3 is 1. The van der Waals surface area contributed by atoms with Crippen molar-refractivity contribution in [1.82, 2.24) is 4.90 Å². The Hall–Kier alpha value is -0.160. The molecule has 1 rings (SSSR count). The lowest BCUT2D eigenvalue weighted by molar-refractivity contribution is -0.0732. The zero-order chi connectivity index (χ0) is 12.2. The molecule has 0 aromatic heterocycles. The van der Waals surface area contributed by atoms with E-state index in [1.54, 1.807) is 7.11 Å². The highest BCUT2D eigenvalue weighted by atomic mass is 16.5. The molecule has 4 heteroatoms. The lowest BCUT2D eigenvalue weighted by Gasteiger charge is -2.48. The fourth-order valence-electron chi connectivity index (χ4n) is 2.62. The van der Waals surface area contributed by atoms with Crippen molar-refractivity contribution >= 4 is 0 Å². The Labute approximate surface area is 99.1 Å². The van der Waals surface area contributed by atoms with Gasteiger partial charge in [0.1, 0.15) is 0 Å². The summed E-state index contributed by atoms with van der Waals surface area (Å²) in [6, 6.07) is 0.388. The molecule has 16 heavy (non-hydrogen) atoms. The van der Waals surface area contributed by atoms with Gasteiger partial charge in [0.2, 0.25) is 0 Å². The van der Waals surface area contributed by atoms with Gasteiger partial charge in [0.25, 0.3) is 0 Å². The van der Waals surface area contributed by atoms with Gasteiger partial charge in [-0.15, -0.1) is 0 Å². The summed E-state index contributed by atoms with van der Waals surface area (Å²) in [5.74, 6) is 0. The van der Waals surface area contributed by atoms with E-state index in [2.05, 4.69) is 25.8 Å². The average molecular weight is 230 g/mol. The number of hydrogen-bond acceptors (Lipinski definition) is 4. The van der Waals surface area contributed by atoms with E-state index < -0.39 is 0 Å². The van der Waals surface area contributed by atoms with Crippen molar-refractivity contribution in [3.63, 3.8) is 0 Å². The first-order valence-corrected chi connectivity index (χ1v) is 6.09. The second-order valence-electron chi connectivity index (χ2n) is 4.98. The van der Waals surface area contributed by atoms with Gasteiger partial charge in [-0.1, -0.05) is 0 Å². The summed E-state index contributed by atoms with van der Waals surface area (Å²) in [5, 5.41) is 0. The number of hydrogen-bond donors (Lipinski definition) is 1.